The molecule has 0 aromatic rings. The summed E-state index contributed by atoms with van der Waals surface area (Å²) in [6.45, 7) is 1.97. The maximum Gasteiger partial charge on any atom is 0.133 e. The van der Waals surface area contributed by atoms with Crippen LogP contribution in [0.5, 0.6) is 0 Å². The van der Waals surface area contributed by atoms with Crippen molar-refractivity contribution >= 4 is 5.78 Å². The van der Waals surface area contributed by atoms with Gasteiger partial charge in [0.1, 0.15) is 5.78 Å². The van der Waals surface area contributed by atoms with Gasteiger partial charge in [0.2, 0.25) is 0 Å². The minimum atomic E-state index is 0.172. The summed E-state index contributed by atoms with van der Waals surface area (Å²) in [5.74, 6) is 1.11. The molecule has 1 aliphatic carbocycles. The van der Waals surface area contributed by atoms with Crippen molar-refractivity contribution in [1.82, 2.24) is 0 Å². The largest absolute Gasteiger partial charge is 0.328 e. The Morgan fingerprint density at radius 1 is 1.36 bits per heavy atom. The molecule has 2 nitrogen and oxygen atoms in total. The molecule has 0 heterocycles. The number of carbonyl (C=O) groups excluding carboxylic acids is 1. The Morgan fingerprint density at radius 3 is 2.57 bits per heavy atom. The maximum atomic E-state index is 11.6. The van der Waals surface area contributed by atoms with Crippen molar-refractivity contribution in [3.63, 3.8) is 0 Å². The van der Waals surface area contributed by atoms with Crippen molar-refractivity contribution in [2.75, 3.05) is 0 Å². The van der Waals surface area contributed by atoms with Gasteiger partial charge >= 0.3 is 0 Å². The van der Waals surface area contributed by atoms with Gasteiger partial charge in [-0.05, 0) is 19.3 Å². The van der Waals surface area contributed by atoms with Crippen molar-refractivity contribution in [2.24, 2.45) is 11.7 Å². The second-order valence-corrected chi connectivity index (χ2v) is 4.76. The molecule has 0 aliphatic heterocycles. The molecule has 0 saturated heterocycles. The third-order valence-corrected chi connectivity index (χ3v) is 3.12. The van der Waals surface area contributed by atoms with Crippen LogP contribution in [0.15, 0.2) is 0 Å². The van der Waals surface area contributed by atoms with E-state index in [4.69, 9.17) is 5.73 Å². The number of ketones is 1. The molecule has 2 heteroatoms. The van der Waals surface area contributed by atoms with Crippen molar-refractivity contribution in [3.8, 4) is 0 Å². The van der Waals surface area contributed by atoms with Gasteiger partial charge in [-0.3, -0.25) is 4.79 Å². The van der Waals surface area contributed by atoms with E-state index in [2.05, 4.69) is 0 Å². The minimum Gasteiger partial charge on any atom is -0.328 e. The zero-order chi connectivity index (χ0) is 10.4. The SMILES string of the molecule is CC(N)CCC(=O)CC1CCCCC1. The highest BCUT2D eigenvalue weighted by Crippen LogP contribution is 2.26. The molecule has 0 aromatic heterocycles. The molecular weight excluding hydrogens is 174 g/mol. The normalized spacial score (nSPS) is 20.7. The van der Waals surface area contributed by atoms with E-state index in [1.165, 1.54) is 32.1 Å². The fourth-order valence-corrected chi connectivity index (χ4v) is 2.20. The summed E-state index contributed by atoms with van der Waals surface area (Å²) in [6, 6.07) is 0.172. The summed E-state index contributed by atoms with van der Waals surface area (Å²) >= 11 is 0. The lowest BCUT2D eigenvalue weighted by atomic mass is 9.85. The average molecular weight is 197 g/mol. The van der Waals surface area contributed by atoms with E-state index in [0.717, 1.165) is 12.8 Å². The molecule has 0 aromatic carbocycles. The Morgan fingerprint density at radius 2 is 2.00 bits per heavy atom. The monoisotopic (exact) mass is 197 g/mol. The number of hydrogen-bond donors (Lipinski definition) is 1. The van der Waals surface area contributed by atoms with Gasteiger partial charge in [0.25, 0.3) is 0 Å². The summed E-state index contributed by atoms with van der Waals surface area (Å²) in [5.41, 5.74) is 5.62. The van der Waals surface area contributed by atoms with E-state index in [0.29, 0.717) is 18.1 Å². The summed E-state index contributed by atoms with van der Waals surface area (Å²) < 4.78 is 0. The molecule has 1 aliphatic rings. The summed E-state index contributed by atoms with van der Waals surface area (Å²) in [7, 11) is 0. The first kappa shape index (κ1) is 11.7. The van der Waals surface area contributed by atoms with E-state index < -0.39 is 0 Å². The fourth-order valence-electron chi connectivity index (χ4n) is 2.20. The molecule has 0 spiro atoms. The van der Waals surface area contributed by atoms with Gasteiger partial charge in [0.05, 0.1) is 0 Å². The molecule has 2 N–H and O–H groups in total. The molecule has 82 valence electrons. The van der Waals surface area contributed by atoms with Crippen molar-refractivity contribution in [1.29, 1.82) is 0 Å². The molecule has 1 saturated carbocycles. The predicted octanol–water partition coefficient (Wildman–Crippen LogP) is 2.65. The first-order chi connectivity index (χ1) is 6.68. The van der Waals surface area contributed by atoms with Crippen LogP contribution in [0.2, 0.25) is 0 Å². The molecular formula is C12H23NO. The lowest BCUT2D eigenvalue weighted by Crippen LogP contribution is -2.18. The van der Waals surface area contributed by atoms with Crippen molar-refractivity contribution < 1.29 is 4.79 Å². The Hall–Kier alpha value is -0.370. The number of rotatable bonds is 5. The molecule has 1 fully saturated rings. The van der Waals surface area contributed by atoms with Crippen LogP contribution in [0.25, 0.3) is 0 Å². The Balaban J connectivity index is 2.12. The fraction of sp³-hybridized carbons (Fsp3) is 0.917. The lowest BCUT2D eigenvalue weighted by molar-refractivity contribution is -0.120. The number of nitrogens with two attached hydrogens (primary N) is 1. The standard InChI is InChI=1S/C12H23NO/c1-10(13)7-8-12(14)9-11-5-3-2-4-6-11/h10-11H,2-9,13H2,1H3. The zero-order valence-electron chi connectivity index (χ0n) is 9.30. The molecule has 0 radical (unpaired) electrons. The van der Waals surface area contributed by atoms with Gasteiger partial charge in [0.15, 0.2) is 0 Å². The molecule has 0 amide bonds. The van der Waals surface area contributed by atoms with Crippen molar-refractivity contribution in [3.05, 3.63) is 0 Å². The first-order valence-electron chi connectivity index (χ1n) is 5.95. The molecule has 14 heavy (non-hydrogen) atoms. The topological polar surface area (TPSA) is 43.1 Å². The van der Waals surface area contributed by atoms with Crippen LogP contribution in [0.1, 0.15) is 58.3 Å². The van der Waals surface area contributed by atoms with Gasteiger partial charge in [-0.25, -0.2) is 0 Å². The highest BCUT2D eigenvalue weighted by molar-refractivity contribution is 5.78. The van der Waals surface area contributed by atoms with Crippen LogP contribution in [-0.4, -0.2) is 11.8 Å². The Kier molecular flexibility index (Phi) is 5.16. The lowest BCUT2D eigenvalue weighted by Gasteiger charge is -2.20. The van der Waals surface area contributed by atoms with Crippen LogP contribution < -0.4 is 5.73 Å². The van der Waals surface area contributed by atoms with Crippen LogP contribution >= 0.6 is 0 Å². The quantitative estimate of drug-likeness (QED) is 0.736. The van der Waals surface area contributed by atoms with E-state index in [9.17, 15) is 4.79 Å². The van der Waals surface area contributed by atoms with E-state index in [1.54, 1.807) is 0 Å². The Bertz CT molecular complexity index is 171. The smallest absolute Gasteiger partial charge is 0.133 e. The highest BCUT2D eigenvalue weighted by Gasteiger charge is 2.16. The van der Waals surface area contributed by atoms with Gasteiger partial charge in [-0.1, -0.05) is 32.1 Å². The first-order valence-corrected chi connectivity index (χ1v) is 5.95. The average Bonchev–Trinajstić information content (AvgIpc) is 2.16. The molecule has 1 unspecified atom stereocenters. The number of carbonyl (C=O) groups is 1. The van der Waals surface area contributed by atoms with E-state index in [-0.39, 0.29) is 6.04 Å². The molecule has 1 atom stereocenters. The van der Waals surface area contributed by atoms with Gasteiger partial charge in [-0.15, -0.1) is 0 Å². The van der Waals surface area contributed by atoms with Crippen molar-refractivity contribution in [2.45, 2.75) is 64.3 Å². The molecule has 1 rings (SSSR count). The third-order valence-electron chi connectivity index (χ3n) is 3.12. The van der Waals surface area contributed by atoms with Crippen LogP contribution in [-0.2, 0) is 4.79 Å². The summed E-state index contributed by atoms with van der Waals surface area (Å²) in [5, 5.41) is 0. The second kappa shape index (κ2) is 6.18. The van der Waals surface area contributed by atoms with Crippen LogP contribution in [0.4, 0.5) is 0 Å². The number of Topliss-reactive ketones (excluding diaryl/α,β-unsaturated/α-hetero) is 1. The minimum absolute atomic E-state index is 0.172. The predicted molar refractivity (Wildman–Crippen MR) is 59.1 cm³/mol. The van der Waals surface area contributed by atoms with Gasteiger partial charge in [0, 0.05) is 18.9 Å². The second-order valence-electron chi connectivity index (χ2n) is 4.76. The summed E-state index contributed by atoms with van der Waals surface area (Å²) in [4.78, 5) is 11.6. The van der Waals surface area contributed by atoms with Crippen LogP contribution in [0, 0.1) is 5.92 Å². The summed E-state index contributed by atoms with van der Waals surface area (Å²) in [6.07, 6.45) is 8.90. The van der Waals surface area contributed by atoms with Gasteiger partial charge < -0.3 is 5.73 Å². The number of hydrogen-bond acceptors (Lipinski definition) is 2. The van der Waals surface area contributed by atoms with Crippen LogP contribution in [0.3, 0.4) is 0 Å². The Labute approximate surface area is 87.2 Å². The molecule has 0 bridgehead atoms. The van der Waals surface area contributed by atoms with E-state index in [1.807, 2.05) is 6.92 Å². The van der Waals surface area contributed by atoms with E-state index >= 15 is 0 Å². The zero-order valence-corrected chi connectivity index (χ0v) is 9.30. The van der Waals surface area contributed by atoms with Gasteiger partial charge in [-0.2, -0.15) is 0 Å². The third kappa shape index (κ3) is 4.75. The highest BCUT2D eigenvalue weighted by atomic mass is 16.1. The maximum absolute atomic E-state index is 11.6.